The van der Waals surface area contributed by atoms with E-state index in [1.54, 1.807) is 0 Å². The first-order valence-corrected chi connectivity index (χ1v) is 21.6. The van der Waals surface area contributed by atoms with Crippen molar-refractivity contribution in [1.29, 1.82) is 0 Å². The molecule has 0 rings (SSSR count). The van der Waals surface area contributed by atoms with E-state index in [1.807, 2.05) is 12.2 Å². The van der Waals surface area contributed by atoms with Crippen molar-refractivity contribution >= 4 is 19.8 Å². The van der Waals surface area contributed by atoms with Crippen LogP contribution in [0.15, 0.2) is 85.1 Å². The fourth-order valence-electron chi connectivity index (χ4n) is 4.99. The minimum absolute atomic E-state index is 0.112. The van der Waals surface area contributed by atoms with E-state index in [2.05, 4.69) is 91.3 Å². The van der Waals surface area contributed by atoms with E-state index in [-0.39, 0.29) is 32.1 Å². The Hall–Kier alpha value is -2.85. The number of carbonyl (C=O) groups excluding carboxylic acids is 2. The van der Waals surface area contributed by atoms with E-state index in [0.29, 0.717) is 6.42 Å². The quantitative estimate of drug-likeness (QED) is 0.0211. The van der Waals surface area contributed by atoms with E-state index < -0.39 is 51.3 Å². The molecule has 0 aliphatic carbocycles. The van der Waals surface area contributed by atoms with Crippen LogP contribution in [0.4, 0.5) is 0 Å². The smallest absolute Gasteiger partial charge is 0.462 e. The molecule has 0 fully saturated rings. The fraction of sp³-hybridized carbons (Fsp3) is 0.628. The number of hydrogen-bond acceptors (Lipinski definition) is 8. The van der Waals surface area contributed by atoms with Gasteiger partial charge in [0, 0.05) is 12.8 Å². The highest BCUT2D eigenvalue weighted by Crippen LogP contribution is 2.36. The number of allylic oxidation sites excluding steroid dienone is 13. The molecule has 11 heteroatoms. The maximum absolute atomic E-state index is 12.4. The predicted octanol–water partition coefficient (Wildman–Crippen LogP) is 10.0. The van der Waals surface area contributed by atoms with Gasteiger partial charge in [-0.2, -0.15) is 0 Å². The zero-order valence-electron chi connectivity index (χ0n) is 33.1. The SMILES string of the molecule is CC/C=C\C/C=C\C/C=C\C/C=C\CCCCCCC(=O)OC[C@H](COP(=O)(O)O)OC(=O)CCCC(O)C(O)C/C=C\C/C=C\C/C=C\CCCCC. The largest absolute Gasteiger partial charge is 0.469 e. The molecule has 0 heterocycles. The Morgan fingerprint density at radius 2 is 1.07 bits per heavy atom. The first-order chi connectivity index (χ1) is 26.1. The van der Waals surface area contributed by atoms with Crippen LogP contribution in [-0.2, 0) is 28.2 Å². The van der Waals surface area contributed by atoms with E-state index in [9.17, 15) is 24.4 Å². The average molecular weight is 779 g/mol. The topological polar surface area (TPSA) is 160 Å². The van der Waals surface area contributed by atoms with Crippen LogP contribution in [0.25, 0.3) is 0 Å². The van der Waals surface area contributed by atoms with Crippen LogP contribution in [-0.4, -0.2) is 63.5 Å². The van der Waals surface area contributed by atoms with E-state index in [4.69, 9.17) is 19.3 Å². The van der Waals surface area contributed by atoms with Crippen molar-refractivity contribution in [3.8, 4) is 0 Å². The van der Waals surface area contributed by atoms with Gasteiger partial charge in [0.15, 0.2) is 6.10 Å². The zero-order valence-corrected chi connectivity index (χ0v) is 34.0. The maximum atomic E-state index is 12.4. The van der Waals surface area contributed by atoms with Gasteiger partial charge in [-0.1, -0.05) is 125 Å². The molecule has 0 aromatic rings. The highest BCUT2D eigenvalue weighted by Gasteiger charge is 2.23. The summed E-state index contributed by atoms with van der Waals surface area (Å²) in [5, 5.41) is 20.6. The molecule has 0 aromatic heterocycles. The van der Waals surface area contributed by atoms with Gasteiger partial charge in [0.05, 0.1) is 18.8 Å². The molecule has 4 N–H and O–H groups in total. The number of carbonyl (C=O) groups is 2. The third kappa shape index (κ3) is 37.5. The van der Waals surface area contributed by atoms with Gasteiger partial charge < -0.3 is 29.5 Å². The Bertz CT molecular complexity index is 1180. The summed E-state index contributed by atoms with van der Waals surface area (Å²) < 4.78 is 26.2. The lowest BCUT2D eigenvalue weighted by atomic mass is 10.0. The second-order valence-corrected chi connectivity index (χ2v) is 14.4. The molecule has 0 aliphatic rings. The van der Waals surface area contributed by atoms with Gasteiger partial charge in [-0.3, -0.25) is 14.1 Å². The van der Waals surface area contributed by atoms with Gasteiger partial charge in [0.1, 0.15) is 6.61 Å². The van der Waals surface area contributed by atoms with Crippen LogP contribution >= 0.6 is 7.82 Å². The number of esters is 2. The van der Waals surface area contributed by atoms with Gasteiger partial charge in [0.25, 0.3) is 0 Å². The molecule has 0 saturated heterocycles. The molecule has 0 bridgehead atoms. The molecular formula is C43H71O10P. The normalized spacial score (nSPS) is 14.6. The highest BCUT2D eigenvalue weighted by atomic mass is 31.2. The molecule has 0 aliphatic heterocycles. The van der Waals surface area contributed by atoms with Crippen LogP contribution in [0.5, 0.6) is 0 Å². The predicted molar refractivity (Wildman–Crippen MR) is 219 cm³/mol. The Labute approximate surface area is 326 Å². The molecule has 0 radical (unpaired) electrons. The summed E-state index contributed by atoms with van der Waals surface area (Å²) in [6, 6.07) is 0. The Morgan fingerprint density at radius 3 is 1.63 bits per heavy atom. The Balaban J connectivity index is 4.26. The monoisotopic (exact) mass is 778 g/mol. The molecule has 308 valence electrons. The highest BCUT2D eigenvalue weighted by molar-refractivity contribution is 7.46. The number of hydrogen-bond donors (Lipinski definition) is 4. The standard InChI is InChI=1S/C43H71O10P/c1-3-5-7-9-11-13-15-17-18-19-20-21-23-25-27-29-31-35-42(46)51-37-39(38-52-54(48,49)50)53-43(47)36-32-34-41(45)40(44)33-30-28-26-24-22-16-14-12-10-8-6-4-2/h5,7,11-14,17-18,20-22,24,28,30,39-41,44-45H,3-4,6,8-10,15-16,19,23,25-27,29,31-38H2,1-2H3,(H2,48,49,50)/b7-5-,13-11-,14-12-,18-17-,21-20-,24-22-,30-28-/t39-,40?,41?/m1/s1. The number of aliphatic hydroxyl groups excluding tert-OH is 2. The average Bonchev–Trinajstić information content (AvgIpc) is 3.13. The summed E-state index contributed by atoms with van der Waals surface area (Å²) in [4.78, 5) is 42.9. The molecule has 0 amide bonds. The van der Waals surface area contributed by atoms with Crippen molar-refractivity contribution in [2.24, 2.45) is 0 Å². The molecule has 0 spiro atoms. The minimum Gasteiger partial charge on any atom is -0.462 e. The Kier molecular flexibility index (Phi) is 35.1. The molecule has 3 atom stereocenters. The molecular weight excluding hydrogens is 707 g/mol. The molecule has 10 nitrogen and oxygen atoms in total. The Morgan fingerprint density at radius 1 is 0.574 bits per heavy atom. The van der Waals surface area contributed by atoms with Crippen LogP contribution < -0.4 is 0 Å². The number of unbranched alkanes of at least 4 members (excludes halogenated alkanes) is 7. The van der Waals surface area contributed by atoms with E-state index >= 15 is 0 Å². The summed E-state index contributed by atoms with van der Waals surface area (Å²) in [6.07, 6.45) is 41.9. The van der Waals surface area contributed by atoms with Gasteiger partial charge >= 0.3 is 19.8 Å². The summed E-state index contributed by atoms with van der Waals surface area (Å²) in [7, 11) is -4.85. The second kappa shape index (κ2) is 37.1. The van der Waals surface area contributed by atoms with Crippen LogP contribution in [0.1, 0.15) is 142 Å². The summed E-state index contributed by atoms with van der Waals surface area (Å²) in [5.74, 6) is -1.21. The third-order valence-corrected chi connectivity index (χ3v) is 8.58. The van der Waals surface area contributed by atoms with Crippen LogP contribution in [0.3, 0.4) is 0 Å². The van der Waals surface area contributed by atoms with Gasteiger partial charge in [-0.15, -0.1) is 0 Å². The van der Waals surface area contributed by atoms with E-state index in [1.165, 1.54) is 19.3 Å². The third-order valence-electron chi connectivity index (χ3n) is 8.10. The maximum Gasteiger partial charge on any atom is 0.469 e. The first kappa shape index (κ1) is 51.1. The second-order valence-electron chi connectivity index (χ2n) is 13.2. The number of phosphoric acid groups is 1. The van der Waals surface area contributed by atoms with Crippen molar-refractivity contribution in [2.75, 3.05) is 13.2 Å². The lowest BCUT2D eigenvalue weighted by Crippen LogP contribution is -2.30. The van der Waals surface area contributed by atoms with E-state index in [0.717, 1.165) is 70.6 Å². The summed E-state index contributed by atoms with van der Waals surface area (Å²) in [5.41, 5.74) is 0. The molecule has 0 aromatic carbocycles. The van der Waals surface area contributed by atoms with Gasteiger partial charge in [-0.05, 0) is 89.9 Å². The van der Waals surface area contributed by atoms with Crippen molar-refractivity contribution in [3.63, 3.8) is 0 Å². The van der Waals surface area contributed by atoms with Crippen LogP contribution in [0.2, 0.25) is 0 Å². The van der Waals surface area contributed by atoms with Crippen molar-refractivity contribution in [1.82, 2.24) is 0 Å². The molecule has 2 unspecified atom stereocenters. The van der Waals surface area contributed by atoms with Gasteiger partial charge in [0.2, 0.25) is 0 Å². The van der Waals surface area contributed by atoms with Crippen molar-refractivity contribution in [3.05, 3.63) is 85.1 Å². The number of aliphatic hydroxyl groups is 2. The zero-order chi connectivity index (χ0) is 40.0. The van der Waals surface area contributed by atoms with Crippen molar-refractivity contribution in [2.45, 2.75) is 161 Å². The number of rotatable bonds is 35. The van der Waals surface area contributed by atoms with Gasteiger partial charge in [-0.25, -0.2) is 4.57 Å². The lowest BCUT2D eigenvalue weighted by molar-refractivity contribution is -0.161. The fourth-order valence-corrected chi connectivity index (χ4v) is 5.36. The summed E-state index contributed by atoms with van der Waals surface area (Å²) >= 11 is 0. The van der Waals surface area contributed by atoms with Crippen molar-refractivity contribution < 1.29 is 48.2 Å². The molecule has 0 saturated carbocycles. The first-order valence-electron chi connectivity index (χ1n) is 20.0. The van der Waals surface area contributed by atoms with Crippen LogP contribution in [0, 0.1) is 0 Å². The molecule has 54 heavy (non-hydrogen) atoms. The summed E-state index contributed by atoms with van der Waals surface area (Å²) in [6.45, 7) is 3.26. The number of phosphoric ester groups is 1. The minimum atomic E-state index is -4.85. The lowest BCUT2D eigenvalue weighted by Gasteiger charge is -2.19. The number of ether oxygens (including phenoxy) is 2.